The van der Waals surface area contributed by atoms with Gasteiger partial charge in [-0.05, 0) is 54.2 Å². The molecule has 8 heteroatoms. The van der Waals surface area contributed by atoms with Gasteiger partial charge >= 0.3 is 0 Å². The van der Waals surface area contributed by atoms with E-state index in [0.717, 1.165) is 28.0 Å². The number of aromatic nitrogens is 3. The zero-order chi connectivity index (χ0) is 19.8. The van der Waals surface area contributed by atoms with Gasteiger partial charge in [0.15, 0.2) is 11.5 Å². The molecule has 0 saturated heterocycles. The number of ether oxygens (including phenoxy) is 2. The maximum Gasteiger partial charge on any atom is 0.205 e. The minimum atomic E-state index is 0.440. The Morgan fingerprint density at radius 3 is 2.36 bits per heavy atom. The third kappa shape index (κ3) is 3.35. The van der Waals surface area contributed by atoms with Gasteiger partial charge < -0.3 is 14.5 Å². The number of benzene rings is 2. The summed E-state index contributed by atoms with van der Waals surface area (Å²) in [6.45, 7) is 0. The van der Waals surface area contributed by atoms with Crippen LogP contribution in [0.5, 0.6) is 11.5 Å². The standard InChI is InChI=1S/C20H15Cl2N3O2S/c1-26-17-4-3-11(7-18(17)27-2)16-10-25-19(24-16)15(9-23-20(25)28)12-5-13(21)8-14(22)6-12/h3-10,24H,1-2H3. The van der Waals surface area contributed by atoms with Crippen molar-refractivity contribution in [3.05, 3.63) is 63.6 Å². The van der Waals surface area contributed by atoms with Crippen LogP contribution in [0.1, 0.15) is 0 Å². The summed E-state index contributed by atoms with van der Waals surface area (Å²) >= 11 is 17.8. The van der Waals surface area contributed by atoms with E-state index in [1.165, 1.54) is 0 Å². The minimum Gasteiger partial charge on any atom is -0.493 e. The van der Waals surface area contributed by atoms with Crippen LogP contribution < -0.4 is 9.47 Å². The van der Waals surface area contributed by atoms with Gasteiger partial charge in [-0.15, -0.1) is 0 Å². The Morgan fingerprint density at radius 1 is 0.964 bits per heavy atom. The molecule has 5 nitrogen and oxygen atoms in total. The fourth-order valence-corrected chi connectivity index (χ4v) is 3.80. The number of H-pyrrole nitrogens is 1. The van der Waals surface area contributed by atoms with E-state index in [9.17, 15) is 0 Å². The molecule has 28 heavy (non-hydrogen) atoms. The first-order valence-electron chi connectivity index (χ1n) is 8.29. The van der Waals surface area contributed by atoms with Crippen molar-refractivity contribution in [2.45, 2.75) is 0 Å². The molecule has 0 fully saturated rings. The van der Waals surface area contributed by atoms with Gasteiger partial charge in [0.25, 0.3) is 0 Å². The molecule has 2 aromatic heterocycles. The van der Waals surface area contributed by atoms with Gasteiger partial charge in [-0.2, -0.15) is 0 Å². The molecule has 0 aliphatic rings. The zero-order valence-corrected chi connectivity index (χ0v) is 17.3. The smallest absolute Gasteiger partial charge is 0.205 e. The molecule has 0 saturated carbocycles. The van der Waals surface area contributed by atoms with Gasteiger partial charge in [0, 0.05) is 33.6 Å². The summed E-state index contributed by atoms with van der Waals surface area (Å²) in [5.41, 5.74) is 4.26. The van der Waals surface area contributed by atoms with Crippen LogP contribution in [0.3, 0.4) is 0 Å². The first kappa shape index (κ1) is 18.8. The molecule has 0 amide bonds. The summed E-state index contributed by atoms with van der Waals surface area (Å²) in [5, 5.41) is 1.10. The summed E-state index contributed by atoms with van der Waals surface area (Å²) in [7, 11) is 3.21. The Balaban J connectivity index is 1.92. The second-order valence-corrected chi connectivity index (χ2v) is 7.31. The van der Waals surface area contributed by atoms with Crippen LogP contribution in [0.15, 0.2) is 48.8 Å². The normalized spacial score (nSPS) is 11.0. The van der Waals surface area contributed by atoms with Crippen molar-refractivity contribution in [1.82, 2.24) is 14.4 Å². The van der Waals surface area contributed by atoms with Gasteiger partial charge in [0.05, 0.1) is 19.9 Å². The van der Waals surface area contributed by atoms with E-state index in [4.69, 9.17) is 44.9 Å². The maximum atomic E-state index is 6.18. The maximum absolute atomic E-state index is 6.18. The van der Waals surface area contributed by atoms with Crippen molar-refractivity contribution in [2.75, 3.05) is 14.2 Å². The average Bonchev–Trinajstić information content (AvgIpc) is 3.13. The van der Waals surface area contributed by atoms with Crippen LogP contribution >= 0.6 is 35.4 Å². The number of hydrogen-bond acceptors (Lipinski definition) is 4. The van der Waals surface area contributed by atoms with Crippen molar-refractivity contribution in [1.29, 1.82) is 0 Å². The number of hydrogen-bond donors (Lipinski definition) is 1. The SMILES string of the molecule is COc1ccc(-c2cn3c(=S)ncc(-c4cc(Cl)cc(Cl)c4)c3[nH]2)cc1OC. The molecular weight excluding hydrogens is 417 g/mol. The Morgan fingerprint density at radius 2 is 1.68 bits per heavy atom. The molecule has 2 aromatic carbocycles. The molecule has 4 rings (SSSR count). The van der Waals surface area contributed by atoms with Crippen molar-refractivity contribution >= 4 is 41.1 Å². The molecule has 142 valence electrons. The van der Waals surface area contributed by atoms with Crippen molar-refractivity contribution in [3.8, 4) is 33.9 Å². The molecular formula is C20H15Cl2N3O2S. The number of nitrogens with zero attached hydrogens (tertiary/aromatic N) is 2. The van der Waals surface area contributed by atoms with Crippen LogP contribution in [0, 0.1) is 4.77 Å². The van der Waals surface area contributed by atoms with Gasteiger partial charge in [-0.1, -0.05) is 23.2 Å². The highest BCUT2D eigenvalue weighted by Gasteiger charge is 2.13. The molecule has 0 aliphatic heterocycles. The number of fused-ring (bicyclic) bond motifs is 1. The highest BCUT2D eigenvalue weighted by molar-refractivity contribution is 7.71. The topological polar surface area (TPSA) is 51.5 Å². The number of rotatable bonds is 4. The van der Waals surface area contributed by atoms with E-state index < -0.39 is 0 Å². The number of methoxy groups -OCH3 is 2. The second kappa shape index (κ2) is 7.47. The second-order valence-electron chi connectivity index (χ2n) is 6.07. The van der Waals surface area contributed by atoms with Gasteiger partial charge in [0.1, 0.15) is 5.65 Å². The Labute approximate surface area is 176 Å². The lowest BCUT2D eigenvalue weighted by Crippen LogP contribution is -1.92. The molecule has 0 aliphatic carbocycles. The summed E-state index contributed by atoms with van der Waals surface area (Å²) in [5.74, 6) is 1.30. The molecule has 0 atom stereocenters. The highest BCUT2D eigenvalue weighted by Crippen LogP contribution is 2.34. The lowest BCUT2D eigenvalue weighted by atomic mass is 10.1. The third-order valence-corrected chi connectivity index (χ3v) is 5.12. The molecule has 0 radical (unpaired) electrons. The predicted molar refractivity (Wildman–Crippen MR) is 114 cm³/mol. The molecule has 0 spiro atoms. The Bertz CT molecular complexity index is 1230. The number of aromatic amines is 1. The first-order chi connectivity index (χ1) is 13.5. The lowest BCUT2D eigenvalue weighted by molar-refractivity contribution is 0.355. The number of imidazole rings is 1. The van der Waals surface area contributed by atoms with Crippen LogP contribution in [0.2, 0.25) is 10.0 Å². The van der Waals surface area contributed by atoms with Crippen LogP contribution in [-0.4, -0.2) is 28.6 Å². The molecule has 1 N–H and O–H groups in total. The lowest BCUT2D eigenvalue weighted by Gasteiger charge is -2.08. The molecule has 0 unspecified atom stereocenters. The molecule has 2 heterocycles. The zero-order valence-electron chi connectivity index (χ0n) is 15.0. The van der Waals surface area contributed by atoms with Gasteiger partial charge in [0.2, 0.25) is 4.77 Å². The van der Waals surface area contributed by atoms with E-state index in [1.807, 2.05) is 40.9 Å². The van der Waals surface area contributed by atoms with Crippen LogP contribution in [0.4, 0.5) is 0 Å². The van der Waals surface area contributed by atoms with Crippen LogP contribution in [-0.2, 0) is 0 Å². The largest absolute Gasteiger partial charge is 0.493 e. The quantitative estimate of drug-likeness (QED) is 0.399. The summed E-state index contributed by atoms with van der Waals surface area (Å²) in [4.78, 5) is 7.76. The Kier molecular flexibility index (Phi) is 5.02. The van der Waals surface area contributed by atoms with E-state index in [1.54, 1.807) is 26.5 Å². The number of nitrogens with one attached hydrogen (secondary N) is 1. The molecule has 0 bridgehead atoms. The predicted octanol–water partition coefficient (Wildman–Crippen LogP) is 6.05. The van der Waals surface area contributed by atoms with Crippen molar-refractivity contribution < 1.29 is 9.47 Å². The minimum absolute atomic E-state index is 0.440. The first-order valence-corrected chi connectivity index (χ1v) is 9.46. The van der Waals surface area contributed by atoms with E-state index in [2.05, 4.69) is 9.97 Å². The number of halogens is 2. The van der Waals surface area contributed by atoms with E-state index >= 15 is 0 Å². The monoisotopic (exact) mass is 431 g/mol. The van der Waals surface area contributed by atoms with Gasteiger partial charge in [-0.3, -0.25) is 4.40 Å². The van der Waals surface area contributed by atoms with Crippen molar-refractivity contribution in [3.63, 3.8) is 0 Å². The average molecular weight is 432 g/mol. The Hall–Kier alpha value is -2.54. The summed E-state index contributed by atoms with van der Waals surface area (Å²) in [6, 6.07) is 11.1. The summed E-state index contributed by atoms with van der Waals surface area (Å²) in [6.07, 6.45) is 3.62. The van der Waals surface area contributed by atoms with Crippen molar-refractivity contribution in [2.24, 2.45) is 0 Å². The fourth-order valence-electron chi connectivity index (χ4n) is 3.08. The van der Waals surface area contributed by atoms with Gasteiger partial charge in [-0.25, -0.2) is 4.98 Å². The van der Waals surface area contributed by atoms with E-state index in [-0.39, 0.29) is 0 Å². The third-order valence-electron chi connectivity index (χ3n) is 4.39. The van der Waals surface area contributed by atoms with Crippen LogP contribution in [0.25, 0.3) is 28.0 Å². The summed E-state index contributed by atoms with van der Waals surface area (Å²) < 4.78 is 13.0. The highest BCUT2D eigenvalue weighted by atomic mass is 35.5. The van der Waals surface area contributed by atoms with E-state index in [0.29, 0.717) is 26.3 Å². The molecule has 4 aromatic rings. The fraction of sp³-hybridized carbons (Fsp3) is 0.100.